The van der Waals surface area contributed by atoms with Gasteiger partial charge < -0.3 is 15.0 Å². The smallest absolute Gasteiger partial charge is 0.238 e. The van der Waals surface area contributed by atoms with Crippen LogP contribution in [-0.4, -0.2) is 35.5 Å². The molecule has 4 rings (SSSR count). The van der Waals surface area contributed by atoms with Crippen LogP contribution in [0.4, 0.5) is 5.69 Å². The number of benzene rings is 2. The standard InChI is InChI=1S/C23H25N3O3/c1-3-29-17-7-5-16(6-8-17)24-22(27)14-26-11-10-21-19(13-26)23(28)18-12-15(2)4-9-20(18)25-21/h4-9,12H,3,10-11,13-14H2,1-2H3,(H,24,27)(H,25,28). The van der Waals surface area contributed by atoms with Crippen molar-refractivity contribution >= 4 is 22.5 Å². The highest BCUT2D eigenvalue weighted by Crippen LogP contribution is 2.20. The third-order valence-corrected chi connectivity index (χ3v) is 5.22. The van der Waals surface area contributed by atoms with E-state index in [1.165, 1.54) is 0 Å². The van der Waals surface area contributed by atoms with Crippen LogP contribution in [0.5, 0.6) is 5.75 Å². The summed E-state index contributed by atoms with van der Waals surface area (Å²) in [7, 11) is 0. The van der Waals surface area contributed by atoms with Crippen LogP contribution in [0.15, 0.2) is 47.3 Å². The summed E-state index contributed by atoms with van der Waals surface area (Å²) in [6.07, 6.45) is 0.727. The molecule has 1 aliphatic heterocycles. The first-order chi connectivity index (χ1) is 14.0. The maximum Gasteiger partial charge on any atom is 0.238 e. The fourth-order valence-electron chi connectivity index (χ4n) is 3.79. The highest BCUT2D eigenvalue weighted by molar-refractivity contribution is 5.92. The van der Waals surface area contributed by atoms with Crippen LogP contribution in [0.25, 0.3) is 10.9 Å². The van der Waals surface area contributed by atoms with Crippen molar-refractivity contribution in [2.75, 3.05) is 25.0 Å². The number of ether oxygens (including phenoxy) is 1. The molecule has 0 bridgehead atoms. The molecule has 0 aliphatic carbocycles. The Balaban J connectivity index is 1.45. The highest BCUT2D eigenvalue weighted by Gasteiger charge is 2.22. The first-order valence-electron chi connectivity index (χ1n) is 9.93. The fraction of sp³-hybridized carbons (Fsp3) is 0.304. The third-order valence-electron chi connectivity index (χ3n) is 5.22. The lowest BCUT2D eigenvalue weighted by atomic mass is 10.0. The number of nitrogens with zero attached hydrogens (tertiary/aromatic N) is 1. The second kappa shape index (κ2) is 8.09. The zero-order valence-electron chi connectivity index (χ0n) is 16.7. The average Bonchev–Trinajstić information content (AvgIpc) is 2.71. The zero-order valence-corrected chi connectivity index (χ0v) is 16.7. The number of H-pyrrole nitrogens is 1. The number of rotatable bonds is 5. The zero-order chi connectivity index (χ0) is 20.4. The summed E-state index contributed by atoms with van der Waals surface area (Å²) in [6.45, 7) is 5.98. The van der Waals surface area contributed by atoms with Gasteiger partial charge in [-0.15, -0.1) is 0 Å². The molecule has 2 N–H and O–H groups in total. The van der Waals surface area contributed by atoms with E-state index in [0.29, 0.717) is 18.5 Å². The summed E-state index contributed by atoms with van der Waals surface area (Å²) < 4.78 is 5.42. The minimum Gasteiger partial charge on any atom is -0.494 e. The largest absolute Gasteiger partial charge is 0.494 e. The molecule has 1 aromatic heterocycles. The molecule has 1 aliphatic rings. The summed E-state index contributed by atoms with van der Waals surface area (Å²) in [5, 5.41) is 3.62. The predicted octanol–water partition coefficient (Wildman–Crippen LogP) is 3.23. The number of aromatic amines is 1. The van der Waals surface area contributed by atoms with Crippen molar-refractivity contribution < 1.29 is 9.53 Å². The van der Waals surface area contributed by atoms with Gasteiger partial charge in [-0.25, -0.2) is 0 Å². The minimum atomic E-state index is -0.0920. The lowest BCUT2D eigenvalue weighted by molar-refractivity contribution is -0.117. The molecule has 6 nitrogen and oxygen atoms in total. The molecular weight excluding hydrogens is 366 g/mol. The second-order valence-corrected chi connectivity index (χ2v) is 7.43. The van der Waals surface area contributed by atoms with E-state index in [1.54, 1.807) is 0 Å². The van der Waals surface area contributed by atoms with Gasteiger partial charge in [-0.1, -0.05) is 11.6 Å². The van der Waals surface area contributed by atoms with E-state index in [9.17, 15) is 9.59 Å². The Bertz CT molecular complexity index is 1100. The Hall–Kier alpha value is -3.12. The van der Waals surface area contributed by atoms with E-state index in [1.807, 2.05) is 61.2 Å². The topological polar surface area (TPSA) is 74.4 Å². The molecule has 0 unspecified atom stereocenters. The van der Waals surface area contributed by atoms with Gasteiger partial charge in [0.15, 0.2) is 5.43 Å². The molecule has 2 aromatic carbocycles. The monoisotopic (exact) mass is 391 g/mol. The molecular formula is C23H25N3O3. The van der Waals surface area contributed by atoms with Gasteiger partial charge >= 0.3 is 0 Å². The van der Waals surface area contributed by atoms with Gasteiger partial charge in [0, 0.05) is 47.4 Å². The Kier molecular flexibility index (Phi) is 5.36. The van der Waals surface area contributed by atoms with Crippen LogP contribution in [-0.2, 0) is 17.8 Å². The summed E-state index contributed by atoms with van der Waals surface area (Å²) in [5.41, 5.74) is 4.48. The summed E-state index contributed by atoms with van der Waals surface area (Å²) >= 11 is 0. The van der Waals surface area contributed by atoms with Crippen molar-refractivity contribution in [2.45, 2.75) is 26.8 Å². The SMILES string of the molecule is CCOc1ccc(NC(=O)CN2CCc3[nH]c4ccc(C)cc4c(=O)c3C2)cc1. The molecule has 0 spiro atoms. The van der Waals surface area contributed by atoms with Gasteiger partial charge in [-0.05, 0) is 50.2 Å². The first kappa shape index (κ1) is 19.2. The molecule has 1 amide bonds. The van der Waals surface area contributed by atoms with Crippen LogP contribution in [0.2, 0.25) is 0 Å². The molecule has 0 fully saturated rings. The van der Waals surface area contributed by atoms with Crippen molar-refractivity contribution in [1.29, 1.82) is 0 Å². The minimum absolute atomic E-state index is 0.0640. The summed E-state index contributed by atoms with van der Waals surface area (Å²) in [6, 6.07) is 13.2. The number of carbonyl (C=O) groups is 1. The van der Waals surface area contributed by atoms with E-state index in [4.69, 9.17) is 4.74 Å². The number of anilines is 1. The molecule has 0 atom stereocenters. The van der Waals surface area contributed by atoms with E-state index < -0.39 is 0 Å². The molecule has 0 radical (unpaired) electrons. The van der Waals surface area contributed by atoms with E-state index in [2.05, 4.69) is 10.3 Å². The molecule has 2 heterocycles. The number of aromatic nitrogens is 1. The van der Waals surface area contributed by atoms with Crippen LogP contribution in [0, 0.1) is 6.92 Å². The number of fused-ring (bicyclic) bond motifs is 2. The van der Waals surface area contributed by atoms with Crippen molar-refractivity contribution in [3.05, 3.63) is 69.5 Å². The van der Waals surface area contributed by atoms with Crippen molar-refractivity contribution in [1.82, 2.24) is 9.88 Å². The lowest BCUT2D eigenvalue weighted by Gasteiger charge is -2.28. The molecule has 0 saturated heterocycles. The molecule has 0 saturated carbocycles. The predicted molar refractivity (Wildman–Crippen MR) is 115 cm³/mol. The van der Waals surface area contributed by atoms with Gasteiger partial charge in [0.2, 0.25) is 5.91 Å². The number of amides is 1. The Labute approximate surface area is 169 Å². The maximum atomic E-state index is 13.0. The normalized spacial score (nSPS) is 13.9. The van der Waals surface area contributed by atoms with Gasteiger partial charge in [0.05, 0.1) is 13.2 Å². The molecule has 29 heavy (non-hydrogen) atoms. The fourth-order valence-corrected chi connectivity index (χ4v) is 3.79. The van der Waals surface area contributed by atoms with Crippen LogP contribution >= 0.6 is 0 Å². The number of hydrogen-bond donors (Lipinski definition) is 2. The Morgan fingerprint density at radius 2 is 2.00 bits per heavy atom. The number of carbonyl (C=O) groups excluding carboxylic acids is 1. The van der Waals surface area contributed by atoms with Crippen molar-refractivity contribution in [3.8, 4) is 5.75 Å². The number of aryl methyl sites for hydroxylation is 1. The maximum absolute atomic E-state index is 13.0. The van der Waals surface area contributed by atoms with E-state index in [-0.39, 0.29) is 17.9 Å². The number of pyridine rings is 1. The van der Waals surface area contributed by atoms with Crippen molar-refractivity contribution in [2.24, 2.45) is 0 Å². The van der Waals surface area contributed by atoms with Gasteiger partial charge in [0.25, 0.3) is 0 Å². The lowest BCUT2D eigenvalue weighted by Crippen LogP contribution is -2.39. The van der Waals surface area contributed by atoms with Crippen LogP contribution in [0.3, 0.4) is 0 Å². The van der Waals surface area contributed by atoms with Gasteiger partial charge in [-0.2, -0.15) is 0 Å². The Morgan fingerprint density at radius 1 is 1.21 bits per heavy atom. The quantitative estimate of drug-likeness (QED) is 0.700. The van der Waals surface area contributed by atoms with Gasteiger partial charge in [0.1, 0.15) is 5.75 Å². The van der Waals surface area contributed by atoms with Crippen LogP contribution < -0.4 is 15.5 Å². The molecule has 150 valence electrons. The summed E-state index contributed by atoms with van der Waals surface area (Å²) in [5.74, 6) is 0.686. The van der Waals surface area contributed by atoms with Crippen molar-refractivity contribution in [3.63, 3.8) is 0 Å². The summed E-state index contributed by atoms with van der Waals surface area (Å²) in [4.78, 5) is 30.9. The highest BCUT2D eigenvalue weighted by atomic mass is 16.5. The van der Waals surface area contributed by atoms with E-state index >= 15 is 0 Å². The second-order valence-electron chi connectivity index (χ2n) is 7.43. The van der Waals surface area contributed by atoms with Gasteiger partial charge in [-0.3, -0.25) is 14.5 Å². The Morgan fingerprint density at radius 3 is 2.76 bits per heavy atom. The average molecular weight is 391 g/mol. The molecule has 6 heteroatoms. The molecule has 3 aromatic rings. The van der Waals surface area contributed by atoms with Crippen LogP contribution in [0.1, 0.15) is 23.7 Å². The number of hydrogen-bond acceptors (Lipinski definition) is 4. The third kappa shape index (κ3) is 4.17. The first-order valence-corrected chi connectivity index (χ1v) is 9.93. The van der Waals surface area contributed by atoms with E-state index in [0.717, 1.165) is 46.7 Å². The number of nitrogens with one attached hydrogen (secondary N) is 2.